The first kappa shape index (κ1) is 11.0. The summed E-state index contributed by atoms with van der Waals surface area (Å²) in [4.78, 5) is 0. The van der Waals surface area contributed by atoms with Crippen LogP contribution in [0.3, 0.4) is 0 Å². The molecule has 0 aromatic carbocycles. The molecule has 68 valence electrons. The molecule has 0 amide bonds. The summed E-state index contributed by atoms with van der Waals surface area (Å²) in [5.74, 6) is 0.979. The van der Waals surface area contributed by atoms with E-state index in [0.29, 0.717) is 0 Å². The van der Waals surface area contributed by atoms with Crippen LogP contribution in [0.1, 0.15) is 46.0 Å². The van der Waals surface area contributed by atoms with Gasteiger partial charge in [-0.15, -0.1) is 0 Å². The lowest BCUT2D eigenvalue weighted by Gasteiger charge is -2.10. The Morgan fingerprint density at radius 1 is 1.09 bits per heavy atom. The molecule has 0 aliphatic carbocycles. The third kappa shape index (κ3) is 6.36. The molecule has 0 saturated heterocycles. The monoisotopic (exact) mass is 157 g/mol. The van der Waals surface area contributed by atoms with Gasteiger partial charge in [-0.05, 0) is 25.9 Å². The Balaban J connectivity index is 3.07. The van der Waals surface area contributed by atoms with Gasteiger partial charge in [0.25, 0.3) is 0 Å². The van der Waals surface area contributed by atoms with Crippen molar-refractivity contribution in [3.63, 3.8) is 0 Å². The molecular weight excluding hydrogens is 134 g/mol. The van der Waals surface area contributed by atoms with Crippen molar-refractivity contribution in [2.24, 2.45) is 5.92 Å². The van der Waals surface area contributed by atoms with Crippen molar-refractivity contribution in [2.75, 3.05) is 13.6 Å². The molecule has 0 fully saturated rings. The van der Waals surface area contributed by atoms with Crippen LogP contribution in [0.4, 0.5) is 0 Å². The van der Waals surface area contributed by atoms with E-state index in [1.807, 2.05) is 7.05 Å². The zero-order valence-electron chi connectivity index (χ0n) is 8.32. The van der Waals surface area contributed by atoms with Crippen molar-refractivity contribution >= 4 is 0 Å². The molecule has 0 unspecified atom stereocenters. The van der Waals surface area contributed by atoms with Crippen LogP contribution in [0.5, 0.6) is 0 Å². The van der Waals surface area contributed by atoms with Crippen molar-refractivity contribution in [2.45, 2.75) is 46.0 Å². The van der Waals surface area contributed by atoms with E-state index in [0.717, 1.165) is 5.92 Å². The van der Waals surface area contributed by atoms with Crippen LogP contribution in [0.15, 0.2) is 0 Å². The fourth-order valence-electron chi connectivity index (χ4n) is 1.43. The van der Waals surface area contributed by atoms with Gasteiger partial charge in [-0.1, -0.05) is 39.5 Å². The van der Waals surface area contributed by atoms with Gasteiger partial charge in [0.2, 0.25) is 0 Å². The van der Waals surface area contributed by atoms with Crippen molar-refractivity contribution in [1.82, 2.24) is 5.32 Å². The Morgan fingerprint density at radius 2 is 1.73 bits per heavy atom. The average Bonchev–Trinajstić information content (AvgIpc) is 2.05. The van der Waals surface area contributed by atoms with Crippen molar-refractivity contribution in [3.8, 4) is 0 Å². The second-order valence-electron chi connectivity index (χ2n) is 3.28. The largest absolute Gasteiger partial charge is 0.320 e. The van der Waals surface area contributed by atoms with E-state index in [2.05, 4.69) is 19.2 Å². The van der Waals surface area contributed by atoms with Crippen molar-refractivity contribution < 1.29 is 0 Å². The number of hydrogen-bond acceptors (Lipinski definition) is 1. The summed E-state index contributed by atoms with van der Waals surface area (Å²) in [5.41, 5.74) is 0. The summed E-state index contributed by atoms with van der Waals surface area (Å²) in [6, 6.07) is 0. The van der Waals surface area contributed by atoms with Gasteiger partial charge in [0.1, 0.15) is 0 Å². The van der Waals surface area contributed by atoms with Crippen molar-refractivity contribution in [1.29, 1.82) is 0 Å². The Bertz CT molecular complexity index is 67.3. The van der Waals surface area contributed by atoms with Gasteiger partial charge in [-0.3, -0.25) is 0 Å². The highest BCUT2D eigenvalue weighted by atomic mass is 14.8. The molecule has 1 N–H and O–H groups in total. The van der Waals surface area contributed by atoms with Gasteiger partial charge >= 0.3 is 0 Å². The van der Waals surface area contributed by atoms with E-state index in [4.69, 9.17) is 0 Å². The Hall–Kier alpha value is -0.0400. The molecule has 0 aliphatic rings. The second kappa shape index (κ2) is 8.06. The Morgan fingerprint density at radius 3 is 2.18 bits per heavy atom. The van der Waals surface area contributed by atoms with Gasteiger partial charge < -0.3 is 5.32 Å². The standard InChI is InChI=1S/C10H23N/c1-4-10(5-2)8-6-7-9-11-3/h10-11H,4-9H2,1-3H3. The molecule has 1 heteroatoms. The van der Waals surface area contributed by atoms with E-state index in [1.165, 1.54) is 38.6 Å². The molecular formula is C10H23N. The average molecular weight is 157 g/mol. The fourth-order valence-corrected chi connectivity index (χ4v) is 1.43. The van der Waals surface area contributed by atoms with E-state index in [1.54, 1.807) is 0 Å². The quantitative estimate of drug-likeness (QED) is 0.560. The molecule has 0 aliphatic heterocycles. The summed E-state index contributed by atoms with van der Waals surface area (Å²) in [6.45, 7) is 5.78. The summed E-state index contributed by atoms with van der Waals surface area (Å²) in [5, 5.41) is 3.18. The lowest BCUT2D eigenvalue weighted by atomic mass is 9.97. The van der Waals surface area contributed by atoms with Crippen LogP contribution >= 0.6 is 0 Å². The molecule has 0 spiro atoms. The molecule has 0 atom stereocenters. The normalized spacial score (nSPS) is 10.9. The Labute approximate surface area is 71.6 Å². The third-order valence-corrected chi connectivity index (χ3v) is 2.44. The highest BCUT2D eigenvalue weighted by Crippen LogP contribution is 2.15. The number of nitrogens with one attached hydrogen (secondary N) is 1. The van der Waals surface area contributed by atoms with Crippen LogP contribution in [-0.4, -0.2) is 13.6 Å². The maximum atomic E-state index is 3.18. The molecule has 11 heavy (non-hydrogen) atoms. The minimum absolute atomic E-state index is 0.979. The molecule has 0 heterocycles. The zero-order valence-corrected chi connectivity index (χ0v) is 8.32. The lowest BCUT2D eigenvalue weighted by molar-refractivity contribution is 0.432. The zero-order chi connectivity index (χ0) is 8.53. The minimum Gasteiger partial charge on any atom is -0.320 e. The number of unbranched alkanes of at least 4 members (excludes halogenated alkanes) is 1. The highest BCUT2D eigenvalue weighted by molar-refractivity contribution is 4.55. The molecule has 0 bridgehead atoms. The first-order chi connectivity index (χ1) is 5.35. The lowest BCUT2D eigenvalue weighted by Crippen LogP contribution is -2.08. The summed E-state index contributed by atoms with van der Waals surface area (Å²) in [6.07, 6.45) is 6.88. The van der Waals surface area contributed by atoms with Gasteiger partial charge in [-0.25, -0.2) is 0 Å². The molecule has 0 saturated carbocycles. The van der Waals surface area contributed by atoms with Crippen LogP contribution < -0.4 is 5.32 Å². The van der Waals surface area contributed by atoms with Gasteiger partial charge in [-0.2, -0.15) is 0 Å². The van der Waals surface area contributed by atoms with Crippen LogP contribution in [0.2, 0.25) is 0 Å². The van der Waals surface area contributed by atoms with E-state index in [9.17, 15) is 0 Å². The first-order valence-corrected chi connectivity index (χ1v) is 4.99. The topological polar surface area (TPSA) is 12.0 Å². The van der Waals surface area contributed by atoms with Crippen LogP contribution in [-0.2, 0) is 0 Å². The van der Waals surface area contributed by atoms with Crippen molar-refractivity contribution in [3.05, 3.63) is 0 Å². The molecule has 0 aromatic rings. The first-order valence-electron chi connectivity index (χ1n) is 4.99. The summed E-state index contributed by atoms with van der Waals surface area (Å²) < 4.78 is 0. The third-order valence-electron chi connectivity index (χ3n) is 2.44. The smallest absolute Gasteiger partial charge is 0.00519 e. The summed E-state index contributed by atoms with van der Waals surface area (Å²) >= 11 is 0. The second-order valence-corrected chi connectivity index (χ2v) is 3.28. The maximum Gasteiger partial charge on any atom is -0.00519 e. The number of rotatable bonds is 7. The van der Waals surface area contributed by atoms with E-state index < -0.39 is 0 Å². The maximum absolute atomic E-state index is 3.18. The van der Waals surface area contributed by atoms with Crippen LogP contribution in [0, 0.1) is 5.92 Å². The molecule has 1 nitrogen and oxygen atoms in total. The SMILES string of the molecule is CCC(CC)CCCCNC. The summed E-state index contributed by atoms with van der Waals surface area (Å²) in [7, 11) is 2.02. The fraction of sp³-hybridized carbons (Fsp3) is 1.00. The molecule has 0 aromatic heterocycles. The molecule has 0 rings (SSSR count). The van der Waals surface area contributed by atoms with E-state index >= 15 is 0 Å². The van der Waals surface area contributed by atoms with Gasteiger partial charge in [0.05, 0.1) is 0 Å². The number of hydrogen-bond donors (Lipinski definition) is 1. The minimum atomic E-state index is 0.979. The predicted molar refractivity (Wildman–Crippen MR) is 51.8 cm³/mol. The Kier molecular flexibility index (Phi) is 8.03. The predicted octanol–water partition coefficient (Wildman–Crippen LogP) is 2.81. The van der Waals surface area contributed by atoms with Gasteiger partial charge in [0, 0.05) is 0 Å². The van der Waals surface area contributed by atoms with E-state index in [-0.39, 0.29) is 0 Å². The molecule has 0 radical (unpaired) electrons. The van der Waals surface area contributed by atoms with Crippen LogP contribution in [0.25, 0.3) is 0 Å². The highest BCUT2D eigenvalue weighted by Gasteiger charge is 2.01. The van der Waals surface area contributed by atoms with Gasteiger partial charge in [0.15, 0.2) is 0 Å².